The number of nitrogens with one attached hydrogen (secondary N) is 1. The number of sulfone groups is 1. The Morgan fingerprint density at radius 2 is 2.03 bits per heavy atom. The van der Waals surface area contributed by atoms with Gasteiger partial charge in [0.1, 0.15) is 6.73 Å². The Labute approximate surface area is 179 Å². The molecule has 0 saturated heterocycles. The van der Waals surface area contributed by atoms with Crippen LogP contribution in [-0.2, 0) is 21.3 Å². The van der Waals surface area contributed by atoms with Gasteiger partial charge in [0.05, 0.1) is 18.1 Å². The molecule has 8 nitrogen and oxygen atoms in total. The summed E-state index contributed by atoms with van der Waals surface area (Å²) in [6.07, 6.45) is 3.78. The first-order valence-corrected chi connectivity index (χ1v) is 12.1. The lowest BCUT2D eigenvalue weighted by Gasteiger charge is -2.15. The van der Waals surface area contributed by atoms with Crippen LogP contribution in [0.2, 0.25) is 0 Å². The van der Waals surface area contributed by atoms with Gasteiger partial charge in [-0.2, -0.15) is 0 Å². The summed E-state index contributed by atoms with van der Waals surface area (Å²) in [5.74, 6) is -0.234. The van der Waals surface area contributed by atoms with Crippen LogP contribution in [-0.4, -0.2) is 42.7 Å². The van der Waals surface area contributed by atoms with Crippen LogP contribution in [0.25, 0.3) is 0 Å². The van der Waals surface area contributed by atoms with Crippen LogP contribution in [0.15, 0.2) is 40.1 Å². The lowest BCUT2D eigenvalue weighted by molar-refractivity contribution is 0.0745. The summed E-state index contributed by atoms with van der Waals surface area (Å²) in [6.45, 7) is 2.34. The van der Waals surface area contributed by atoms with Gasteiger partial charge < -0.3 is 9.47 Å². The molecule has 1 saturated carbocycles. The average molecular weight is 455 g/mol. The van der Waals surface area contributed by atoms with Crippen LogP contribution < -0.4 is 16.0 Å². The smallest absolute Gasteiger partial charge is 0.330 e. The van der Waals surface area contributed by atoms with Crippen LogP contribution in [0.5, 0.6) is 5.75 Å². The molecular formula is C21H27FN2O6S. The first-order chi connectivity index (χ1) is 14.7. The molecule has 0 aliphatic heterocycles. The van der Waals surface area contributed by atoms with Gasteiger partial charge in [-0.05, 0) is 48.8 Å². The maximum atomic E-state index is 14.0. The molecule has 170 valence electrons. The lowest BCUT2D eigenvalue weighted by Crippen LogP contribution is -2.29. The maximum absolute atomic E-state index is 14.0. The van der Waals surface area contributed by atoms with Crippen molar-refractivity contribution in [2.45, 2.75) is 38.8 Å². The van der Waals surface area contributed by atoms with Gasteiger partial charge in [-0.3, -0.25) is 14.3 Å². The highest BCUT2D eigenvalue weighted by Crippen LogP contribution is 2.31. The van der Waals surface area contributed by atoms with Crippen LogP contribution in [0, 0.1) is 11.7 Å². The third-order valence-corrected chi connectivity index (χ3v) is 6.99. The van der Waals surface area contributed by atoms with Crippen molar-refractivity contribution in [3.63, 3.8) is 0 Å². The van der Waals surface area contributed by atoms with Crippen molar-refractivity contribution in [1.29, 1.82) is 0 Å². The molecule has 1 aliphatic rings. The molecule has 1 unspecified atom stereocenters. The van der Waals surface area contributed by atoms with E-state index in [2.05, 4.69) is 4.98 Å². The van der Waals surface area contributed by atoms with E-state index in [1.807, 2.05) is 0 Å². The van der Waals surface area contributed by atoms with E-state index >= 15 is 0 Å². The van der Waals surface area contributed by atoms with Crippen molar-refractivity contribution < 1.29 is 22.3 Å². The van der Waals surface area contributed by atoms with Crippen molar-refractivity contribution in [3.8, 4) is 5.75 Å². The molecule has 2 aromatic rings. The fourth-order valence-corrected chi connectivity index (χ4v) is 4.76. The second kappa shape index (κ2) is 10.2. The molecule has 1 aromatic heterocycles. The Morgan fingerprint density at radius 1 is 1.26 bits per heavy atom. The zero-order valence-electron chi connectivity index (χ0n) is 17.4. The van der Waals surface area contributed by atoms with Crippen molar-refractivity contribution >= 4 is 9.84 Å². The standard InChI is InChI=1S/C21H27FN2O6S/c1-15(17-5-6-18(22)19(11-17)30-12-16-3-4-16)13-31(27,28)10-2-9-29-14-24-8-7-20(25)23-21(24)26/h5-8,11,15-16H,2-4,9-10,12-14H2,1H3,(H,23,25,26). The predicted molar refractivity (Wildman–Crippen MR) is 114 cm³/mol. The van der Waals surface area contributed by atoms with Crippen LogP contribution in [0.3, 0.4) is 0 Å². The Hall–Kier alpha value is -2.46. The molecular weight excluding hydrogens is 427 g/mol. The normalized spacial score (nSPS) is 15.0. The van der Waals surface area contributed by atoms with Crippen LogP contribution in [0.1, 0.15) is 37.7 Å². The molecule has 0 bridgehead atoms. The monoisotopic (exact) mass is 454 g/mol. The van der Waals surface area contributed by atoms with Crippen LogP contribution in [0.4, 0.5) is 4.39 Å². The number of halogens is 1. The SMILES string of the molecule is CC(CS(=O)(=O)CCCOCn1ccc(=O)[nH]c1=O)c1ccc(F)c(OCC2CC2)c1. The summed E-state index contributed by atoms with van der Waals surface area (Å²) in [5, 5.41) is 0. The van der Waals surface area contributed by atoms with Gasteiger partial charge >= 0.3 is 5.69 Å². The number of hydrogen-bond acceptors (Lipinski definition) is 6. The molecule has 10 heteroatoms. The fourth-order valence-electron chi connectivity index (χ4n) is 3.08. The van der Waals surface area contributed by atoms with Gasteiger partial charge in [0, 0.05) is 18.9 Å². The number of rotatable bonds is 12. The molecule has 1 aromatic carbocycles. The zero-order chi connectivity index (χ0) is 22.4. The first-order valence-electron chi connectivity index (χ1n) is 10.2. The average Bonchev–Trinajstić information content (AvgIpc) is 3.52. The van der Waals surface area contributed by atoms with E-state index in [1.165, 1.54) is 22.9 Å². The van der Waals surface area contributed by atoms with Gasteiger partial charge in [0.15, 0.2) is 21.4 Å². The van der Waals surface area contributed by atoms with E-state index in [0.29, 0.717) is 18.1 Å². The van der Waals surface area contributed by atoms with Crippen molar-refractivity contribution in [3.05, 3.63) is 62.7 Å². The topological polar surface area (TPSA) is 107 Å². The molecule has 1 heterocycles. The number of aromatic nitrogens is 2. The third-order valence-electron chi connectivity index (χ3n) is 5.07. The van der Waals surface area contributed by atoms with E-state index in [-0.39, 0.29) is 42.9 Å². The molecule has 1 fully saturated rings. The van der Waals surface area contributed by atoms with Crippen molar-refractivity contribution in [2.75, 3.05) is 24.7 Å². The Kier molecular flexibility index (Phi) is 7.66. The van der Waals surface area contributed by atoms with Crippen molar-refractivity contribution in [1.82, 2.24) is 9.55 Å². The summed E-state index contributed by atoms with van der Waals surface area (Å²) in [4.78, 5) is 24.7. The molecule has 3 rings (SSSR count). The van der Waals surface area contributed by atoms with Gasteiger partial charge in [0.25, 0.3) is 5.56 Å². The number of ether oxygens (including phenoxy) is 2. The zero-order valence-corrected chi connectivity index (χ0v) is 18.2. The number of hydrogen-bond donors (Lipinski definition) is 1. The number of H-pyrrole nitrogens is 1. The molecule has 0 radical (unpaired) electrons. The van der Waals surface area contributed by atoms with Crippen LogP contribution >= 0.6 is 0 Å². The van der Waals surface area contributed by atoms with Gasteiger partial charge in [-0.1, -0.05) is 13.0 Å². The van der Waals surface area contributed by atoms with Gasteiger partial charge in [0.2, 0.25) is 0 Å². The molecule has 31 heavy (non-hydrogen) atoms. The van der Waals surface area contributed by atoms with Crippen molar-refractivity contribution in [2.24, 2.45) is 5.92 Å². The Bertz CT molecular complexity index is 1110. The molecule has 0 spiro atoms. The Morgan fingerprint density at radius 3 is 2.74 bits per heavy atom. The minimum Gasteiger partial charge on any atom is -0.490 e. The maximum Gasteiger partial charge on any atom is 0.330 e. The summed E-state index contributed by atoms with van der Waals surface area (Å²) >= 11 is 0. The number of aromatic amines is 1. The second-order valence-electron chi connectivity index (χ2n) is 7.93. The highest BCUT2D eigenvalue weighted by atomic mass is 32.2. The van der Waals surface area contributed by atoms with E-state index in [1.54, 1.807) is 19.1 Å². The summed E-state index contributed by atoms with van der Waals surface area (Å²) in [5.41, 5.74) is -0.373. The summed E-state index contributed by atoms with van der Waals surface area (Å²) in [6, 6.07) is 5.69. The number of benzene rings is 1. The molecule has 1 atom stereocenters. The van der Waals surface area contributed by atoms with E-state index < -0.39 is 26.9 Å². The lowest BCUT2D eigenvalue weighted by atomic mass is 10.0. The van der Waals surface area contributed by atoms with E-state index in [9.17, 15) is 22.4 Å². The summed E-state index contributed by atoms with van der Waals surface area (Å²) < 4.78 is 50.9. The quantitative estimate of drug-likeness (QED) is 0.492. The second-order valence-corrected chi connectivity index (χ2v) is 10.2. The summed E-state index contributed by atoms with van der Waals surface area (Å²) in [7, 11) is -3.36. The highest BCUT2D eigenvalue weighted by Gasteiger charge is 2.23. The molecule has 0 amide bonds. The highest BCUT2D eigenvalue weighted by molar-refractivity contribution is 7.91. The van der Waals surface area contributed by atoms with Gasteiger partial charge in [-0.25, -0.2) is 17.6 Å². The van der Waals surface area contributed by atoms with E-state index in [4.69, 9.17) is 9.47 Å². The predicted octanol–water partition coefficient (Wildman–Crippen LogP) is 2.05. The first kappa shape index (κ1) is 23.2. The fraction of sp³-hybridized carbons (Fsp3) is 0.524. The molecule has 1 aliphatic carbocycles. The third kappa shape index (κ3) is 7.32. The Balaban J connectivity index is 1.45. The minimum atomic E-state index is -3.36. The van der Waals surface area contributed by atoms with E-state index in [0.717, 1.165) is 12.8 Å². The molecule has 1 N–H and O–H groups in total. The largest absolute Gasteiger partial charge is 0.490 e. The van der Waals surface area contributed by atoms with Gasteiger partial charge in [-0.15, -0.1) is 0 Å². The minimum absolute atomic E-state index is 0.0654. The number of nitrogens with zero attached hydrogens (tertiary/aromatic N) is 1.